The van der Waals surface area contributed by atoms with Crippen molar-refractivity contribution in [2.24, 2.45) is 0 Å². The number of hydrogen-bond acceptors (Lipinski definition) is 3. The molecule has 1 aromatic rings. The molecule has 0 unspecified atom stereocenters. The second kappa shape index (κ2) is 5.71. The number of nitrogens with zero attached hydrogens (tertiary/aromatic N) is 1. The van der Waals surface area contributed by atoms with Crippen LogP contribution in [0.5, 0.6) is 0 Å². The van der Waals surface area contributed by atoms with Crippen molar-refractivity contribution in [3.05, 3.63) is 47.4 Å². The van der Waals surface area contributed by atoms with Gasteiger partial charge < -0.3 is 10.2 Å². The molecule has 0 radical (unpaired) electrons. The molecule has 0 aromatic heterocycles. The lowest BCUT2D eigenvalue weighted by Crippen LogP contribution is -2.44. The van der Waals surface area contributed by atoms with Gasteiger partial charge in [0, 0.05) is 19.0 Å². The standard InChI is InChI=1S/C13H16N2O2S2/c1-14-13(18)15(9-11-5-3-2-4-6-11)12-7-8-19(16,17)10-12/h2-8,12H,9-10H2,1H3,(H,14,18)/t12-/m1/s1. The van der Waals surface area contributed by atoms with E-state index < -0.39 is 9.84 Å². The van der Waals surface area contributed by atoms with Gasteiger partial charge in [0.2, 0.25) is 0 Å². The Kier molecular flexibility index (Phi) is 4.21. The van der Waals surface area contributed by atoms with Crippen LogP contribution in [0.1, 0.15) is 5.56 Å². The van der Waals surface area contributed by atoms with Crippen molar-refractivity contribution in [3.63, 3.8) is 0 Å². The Labute approximate surface area is 119 Å². The summed E-state index contributed by atoms with van der Waals surface area (Å²) < 4.78 is 23.1. The van der Waals surface area contributed by atoms with Crippen LogP contribution in [0.3, 0.4) is 0 Å². The Morgan fingerprint density at radius 3 is 2.63 bits per heavy atom. The first-order valence-corrected chi connectivity index (χ1v) is 8.07. The van der Waals surface area contributed by atoms with Crippen molar-refractivity contribution in [1.82, 2.24) is 10.2 Å². The van der Waals surface area contributed by atoms with E-state index in [1.54, 1.807) is 13.1 Å². The summed E-state index contributed by atoms with van der Waals surface area (Å²) in [6.07, 6.45) is 1.70. The third-order valence-electron chi connectivity index (χ3n) is 2.98. The summed E-state index contributed by atoms with van der Waals surface area (Å²) in [4.78, 5) is 1.89. The molecule has 0 spiro atoms. The van der Waals surface area contributed by atoms with Gasteiger partial charge in [-0.3, -0.25) is 0 Å². The smallest absolute Gasteiger partial charge is 0.173 e. The lowest BCUT2D eigenvalue weighted by Gasteiger charge is -2.29. The molecular weight excluding hydrogens is 280 g/mol. The normalized spacial score (nSPS) is 20.2. The Morgan fingerprint density at radius 1 is 1.42 bits per heavy atom. The minimum atomic E-state index is -3.08. The molecule has 1 aromatic carbocycles. The summed E-state index contributed by atoms with van der Waals surface area (Å²) in [5, 5.41) is 4.74. The highest BCUT2D eigenvalue weighted by Gasteiger charge is 2.28. The predicted octanol–water partition coefficient (Wildman–Crippen LogP) is 1.30. The SMILES string of the molecule is CNC(=S)N(Cc1ccccc1)[C@@H]1C=CS(=O)(=O)C1. The maximum Gasteiger partial charge on any atom is 0.173 e. The van der Waals surface area contributed by atoms with Crippen molar-refractivity contribution in [2.75, 3.05) is 12.8 Å². The average molecular weight is 296 g/mol. The summed E-state index contributed by atoms with van der Waals surface area (Å²) in [5.41, 5.74) is 1.10. The van der Waals surface area contributed by atoms with Crippen LogP contribution in [0.4, 0.5) is 0 Å². The Morgan fingerprint density at radius 2 is 2.11 bits per heavy atom. The molecule has 102 valence electrons. The Hall–Kier alpha value is -1.40. The van der Waals surface area contributed by atoms with E-state index in [-0.39, 0.29) is 11.8 Å². The Bertz CT molecular complexity index is 582. The van der Waals surface area contributed by atoms with Gasteiger partial charge in [0.05, 0.1) is 11.8 Å². The number of benzene rings is 1. The van der Waals surface area contributed by atoms with Gasteiger partial charge in [-0.1, -0.05) is 30.3 Å². The largest absolute Gasteiger partial charge is 0.366 e. The summed E-state index contributed by atoms with van der Waals surface area (Å²) in [7, 11) is -1.34. The van der Waals surface area contributed by atoms with Crippen molar-refractivity contribution in [3.8, 4) is 0 Å². The van der Waals surface area contributed by atoms with Gasteiger partial charge in [0.25, 0.3) is 0 Å². The summed E-state index contributed by atoms with van der Waals surface area (Å²) in [6.45, 7) is 0.588. The third-order valence-corrected chi connectivity index (χ3v) is 4.80. The molecule has 1 aliphatic heterocycles. The molecule has 0 saturated carbocycles. The number of rotatable bonds is 3. The predicted molar refractivity (Wildman–Crippen MR) is 80.4 cm³/mol. The van der Waals surface area contributed by atoms with Crippen molar-refractivity contribution >= 4 is 27.2 Å². The lowest BCUT2D eigenvalue weighted by atomic mass is 10.2. The fraction of sp³-hybridized carbons (Fsp3) is 0.308. The van der Waals surface area contributed by atoms with E-state index in [1.165, 1.54) is 5.41 Å². The van der Waals surface area contributed by atoms with Crippen LogP contribution in [0.15, 0.2) is 41.8 Å². The van der Waals surface area contributed by atoms with Gasteiger partial charge in [0.15, 0.2) is 14.9 Å². The maximum atomic E-state index is 11.5. The van der Waals surface area contributed by atoms with Gasteiger partial charge in [-0.05, 0) is 23.9 Å². The number of hydrogen-bond donors (Lipinski definition) is 1. The van der Waals surface area contributed by atoms with Crippen molar-refractivity contribution in [1.29, 1.82) is 0 Å². The second-order valence-electron chi connectivity index (χ2n) is 4.39. The van der Waals surface area contributed by atoms with E-state index in [0.29, 0.717) is 11.7 Å². The van der Waals surface area contributed by atoms with E-state index in [9.17, 15) is 8.42 Å². The van der Waals surface area contributed by atoms with E-state index in [0.717, 1.165) is 5.56 Å². The number of nitrogens with one attached hydrogen (secondary N) is 1. The molecule has 1 N–H and O–H groups in total. The molecule has 0 bridgehead atoms. The topological polar surface area (TPSA) is 49.4 Å². The Balaban J connectivity index is 2.18. The molecular formula is C13H16N2O2S2. The van der Waals surface area contributed by atoms with Gasteiger partial charge in [-0.2, -0.15) is 0 Å². The molecule has 1 aliphatic rings. The number of sulfone groups is 1. The second-order valence-corrected chi connectivity index (χ2v) is 6.71. The van der Waals surface area contributed by atoms with Crippen LogP contribution in [0.2, 0.25) is 0 Å². The van der Waals surface area contributed by atoms with Crippen LogP contribution < -0.4 is 5.32 Å². The zero-order valence-corrected chi connectivity index (χ0v) is 12.2. The molecule has 6 heteroatoms. The van der Waals surface area contributed by atoms with Crippen LogP contribution in [-0.2, 0) is 16.4 Å². The van der Waals surface area contributed by atoms with E-state index in [2.05, 4.69) is 5.32 Å². The fourth-order valence-corrected chi connectivity index (χ4v) is 3.52. The quantitative estimate of drug-likeness (QED) is 0.852. The fourth-order valence-electron chi connectivity index (χ4n) is 2.02. The zero-order valence-electron chi connectivity index (χ0n) is 10.6. The maximum absolute atomic E-state index is 11.5. The molecule has 19 heavy (non-hydrogen) atoms. The first-order valence-electron chi connectivity index (χ1n) is 5.95. The summed E-state index contributed by atoms with van der Waals surface area (Å²) in [6, 6.07) is 9.65. The molecule has 4 nitrogen and oxygen atoms in total. The van der Waals surface area contributed by atoms with Crippen LogP contribution in [-0.4, -0.2) is 37.3 Å². The minimum Gasteiger partial charge on any atom is -0.366 e. The van der Waals surface area contributed by atoms with Gasteiger partial charge in [0.1, 0.15) is 0 Å². The number of thiocarbonyl (C=S) groups is 1. The van der Waals surface area contributed by atoms with Gasteiger partial charge in [-0.25, -0.2) is 8.42 Å². The highest BCUT2D eigenvalue weighted by molar-refractivity contribution is 7.94. The zero-order chi connectivity index (χ0) is 13.9. The van der Waals surface area contributed by atoms with E-state index in [1.807, 2.05) is 35.2 Å². The molecule has 0 aliphatic carbocycles. The summed E-state index contributed by atoms with van der Waals surface area (Å²) in [5.74, 6) is 0.0850. The van der Waals surface area contributed by atoms with Gasteiger partial charge in [-0.15, -0.1) is 0 Å². The first-order chi connectivity index (χ1) is 9.02. The van der Waals surface area contributed by atoms with Gasteiger partial charge >= 0.3 is 0 Å². The molecule has 0 saturated heterocycles. The van der Waals surface area contributed by atoms with Crippen molar-refractivity contribution in [2.45, 2.75) is 12.6 Å². The molecule has 1 heterocycles. The monoisotopic (exact) mass is 296 g/mol. The molecule has 0 fully saturated rings. The molecule has 1 atom stereocenters. The molecule has 2 rings (SSSR count). The third kappa shape index (κ3) is 3.54. The minimum absolute atomic E-state index is 0.0850. The highest BCUT2D eigenvalue weighted by atomic mass is 32.2. The van der Waals surface area contributed by atoms with E-state index in [4.69, 9.17) is 12.2 Å². The highest BCUT2D eigenvalue weighted by Crippen LogP contribution is 2.17. The summed E-state index contributed by atoms with van der Waals surface area (Å²) >= 11 is 5.27. The lowest BCUT2D eigenvalue weighted by molar-refractivity contribution is 0.371. The van der Waals surface area contributed by atoms with Crippen LogP contribution >= 0.6 is 12.2 Å². The van der Waals surface area contributed by atoms with Crippen molar-refractivity contribution < 1.29 is 8.42 Å². The van der Waals surface area contributed by atoms with Crippen LogP contribution in [0.25, 0.3) is 0 Å². The first kappa shape index (κ1) is 14.0. The van der Waals surface area contributed by atoms with Crippen LogP contribution in [0, 0.1) is 0 Å². The van der Waals surface area contributed by atoms with E-state index >= 15 is 0 Å². The molecule has 0 amide bonds. The average Bonchev–Trinajstić information content (AvgIpc) is 2.76.